The van der Waals surface area contributed by atoms with E-state index in [0.717, 1.165) is 19.4 Å². The largest absolute Gasteiger partial charge is 0.346 e. The Morgan fingerprint density at radius 2 is 1.83 bits per heavy atom. The third-order valence-corrected chi connectivity index (χ3v) is 4.12. The second-order valence-electron chi connectivity index (χ2n) is 6.31. The van der Waals surface area contributed by atoms with Crippen LogP contribution in [0.25, 0.3) is 0 Å². The quantitative estimate of drug-likeness (QED) is 0.805. The van der Waals surface area contributed by atoms with Crippen LogP contribution in [0, 0.1) is 11.8 Å². The Morgan fingerprint density at radius 3 is 2.46 bits per heavy atom. The molecule has 2 rings (SSSR count). The first-order valence-corrected chi connectivity index (χ1v) is 8.36. The zero-order valence-electron chi connectivity index (χ0n) is 14.5. The average molecular weight is 331 g/mol. The molecule has 0 spiro atoms. The second-order valence-corrected chi connectivity index (χ2v) is 6.31. The molecule has 2 N–H and O–H groups in total. The molecule has 0 heterocycles. The van der Waals surface area contributed by atoms with E-state index in [1.54, 1.807) is 36.2 Å². The number of benzene rings is 1. The van der Waals surface area contributed by atoms with Gasteiger partial charge in [-0.25, -0.2) is 0 Å². The third-order valence-electron chi connectivity index (χ3n) is 4.12. The Balaban J connectivity index is 1.88. The molecule has 24 heavy (non-hydrogen) atoms. The highest BCUT2D eigenvalue weighted by Crippen LogP contribution is 2.40. The molecular formula is C18H25N3O3. The van der Waals surface area contributed by atoms with Crippen LogP contribution in [0.1, 0.15) is 33.1 Å². The minimum atomic E-state index is -0.258. The standard InChI is InChI=1S/C18H25N3O3/c1-4-5-9-21(3)18(24)16-11-15(16)17(23)20-14-8-6-7-13(10-14)19-12(2)22/h6-8,10,15-16H,4-5,9,11H2,1-3H3,(H,19,22)(H,20,23). The van der Waals surface area contributed by atoms with E-state index in [9.17, 15) is 14.4 Å². The number of rotatable bonds is 7. The van der Waals surface area contributed by atoms with E-state index in [1.807, 2.05) is 0 Å². The molecule has 0 aliphatic heterocycles. The minimum absolute atomic E-state index is 0.0515. The van der Waals surface area contributed by atoms with Gasteiger partial charge in [0.25, 0.3) is 0 Å². The smallest absolute Gasteiger partial charge is 0.228 e. The van der Waals surface area contributed by atoms with Crippen molar-refractivity contribution in [3.8, 4) is 0 Å². The van der Waals surface area contributed by atoms with Crippen molar-refractivity contribution in [2.24, 2.45) is 11.8 Å². The molecular weight excluding hydrogens is 306 g/mol. The average Bonchev–Trinajstić information content (AvgIpc) is 3.32. The Morgan fingerprint density at radius 1 is 1.17 bits per heavy atom. The first-order chi connectivity index (χ1) is 11.4. The zero-order chi connectivity index (χ0) is 17.7. The molecule has 1 aromatic rings. The number of nitrogens with one attached hydrogen (secondary N) is 2. The van der Waals surface area contributed by atoms with Crippen molar-refractivity contribution in [2.75, 3.05) is 24.2 Å². The summed E-state index contributed by atoms with van der Waals surface area (Å²) >= 11 is 0. The topological polar surface area (TPSA) is 78.5 Å². The van der Waals surface area contributed by atoms with Gasteiger partial charge in [0.15, 0.2) is 0 Å². The lowest BCUT2D eigenvalue weighted by atomic mass is 10.2. The molecule has 0 radical (unpaired) electrons. The van der Waals surface area contributed by atoms with Gasteiger partial charge in [-0.1, -0.05) is 19.4 Å². The van der Waals surface area contributed by atoms with Gasteiger partial charge in [-0.3, -0.25) is 14.4 Å². The van der Waals surface area contributed by atoms with Crippen molar-refractivity contribution >= 4 is 29.1 Å². The fraction of sp³-hybridized carbons (Fsp3) is 0.500. The molecule has 1 fully saturated rings. The second kappa shape index (κ2) is 7.95. The summed E-state index contributed by atoms with van der Waals surface area (Å²) in [5.74, 6) is -0.717. The van der Waals surface area contributed by atoms with Crippen LogP contribution in [0.3, 0.4) is 0 Å². The highest BCUT2D eigenvalue weighted by molar-refractivity contribution is 6.00. The van der Waals surface area contributed by atoms with E-state index < -0.39 is 0 Å². The summed E-state index contributed by atoms with van der Waals surface area (Å²) in [7, 11) is 1.79. The zero-order valence-corrected chi connectivity index (χ0v) is 14.5. The normalized spacial score (nSPS) is 18.6. The maximum absolute atomic E-state index is 12.3. The van der Waals surface area contributed by atoms with Gasteiger partial charge in [-0.15, -0.1) is 0 Å². The molecule has 6 heteroatoms. The maximum Gasteiger partial charge on any atom is 0.228 e. The molecule has 1 aromatic carbocycles. The number of unbranched alkanes of at least 4 members (excludes halogenated alkanes) is 1. The van der Waals surface area contributed by atoms with Crippen molar-refractivity contribution in [3.05, 3.63) is 24.3 Å². The summed E-state index contributed by atoms with van der Waals surface area (Å²) < 4.78 is 0. The Bertz CT molecular complexity index is 630. The number of nitrogens with zero attached hydrogens (tertiary/aromatic N) is 1. The SMILES string of the molecule is CCCCN(C)C(=O)C1CC1C(=O)Nc1cccc(NC(C)=O)c1. The van der Waals surface area contributed by atoms with Gasteiger partial charge < -0.3 is 15.5 Å². The fourth-order valence-electron chi connectivity index (χ4n) is 2.66. The Kier molecular flexibility index (Phi) is 5.95. The van der Waals surface area contributed by atoms with Crippen LogP contribution in [0.15, 0.2) is 24.3 Å². The number of carbonyl (C=O) groups excluding carboxylic acids is 3. The molecule has 2 atom stereocenters. The van der Waals surface area contributed by atoms with Crippen LogP contribution in [0.4, 0.5) is 11.4 Å². The van der Waals surface area contributed by atoms with Crippen LogP contribution in [-0.2, 0) is 14.4 Å². The molecule has 3 amide bonds. The van der Waals surface area contributed by atoms with Crippen molar-refractivity contribution in [1.82, 2.24) is 4.90 Å². The summed E-state index contributed by atoms with van der Waals surface area (Å²) in [6.07, 6.45) is 2.62. The summed E-state index contributed by atoms with van der Waals surface area (Å²) in [5, 5.41) is 5.50. The molecule has 0 saturated heterocycles. The monoisotopic (exact) mass is 331 g/mol. The molecule has 1 aliphatic rings. The Labute approximate surface area is 142 Å². The van der Waals surface area contributed by atoms with E-state index in [0.29, 0.717) is 17.8 Å². The predicted molar refractivity (Wildman–Crippen MR) is 93.5 cm³/mol. The van der Waals surface area contributed by atoms with Crippen molar-refractivity contribution in [3.63, 3.8) is 0 Å². The van der Waals surface area contributed by atoms with Gasteiger partial charge in [-0.2, -0.15) is 0 Å². The van der Waals surface area contributed by atoms with Crippen molar-refractivity contribution < 1.29 is 14.4 Å². The van der Waals surface area contributed by atoms with Gasteiger partial charge in [0.2, 0.25) is 17.7 Å². The van der Waals surface area contributed by atoms with Crippen LogP contribution in [0.5, 0.6) is 0 Å². The summed E-state index contributed by atoms with van der Waals surface area (Å²) in [6.45, 7) is 4.25. The molecule has 1 saturated carbocycles. The number of carbonyl (C=O) groups is 3. The third kappa shape index (κ3) is 4.81. The van der Waals surface area contributed by atoms with Crippen molar-refractivity contribution in [2.45, 2.75) is 33.1 Å². The van der Waals surface area contributed by atoms with Crippen LogP contribution >= 0.6 is 0 Å². The van der Waals surface area contributed by atoms with Crippen LogP contribution < -0.4 is 10.6 Å². The van der Waals surface area contributed by atoms with E-state index >= 15 is 0 Å². The van der Waals surface area contributed by atoms with Gasteiger partial charge in [0.1, 0.15) is 0 Å². The molecule has 0 aromatic heterocycles. The first-order valence-electron chi connectivity index (χ1n) is 8.36. The lowest BCUT2D eigenvalue weighted by Crippen LogP contribution is -2.30. The summed E-state index contributed by atoms with van der Waals surface area (Å²) in [5.41, 5.74) is 1.24. The van der Waals surface area contributed by atoms with E-state index in [1.165, 1.54) is 6.92 Å². The molecule has 2 unspecified atom stereocenters. The number of anilines is 2. The minimum Gasteiger partial charge on any atom is -0.346 e. The molecule has 1 aliphatic carbocycles. The highest BCUT2D eigenvalue weighted by atomic mass is 16.2. The van der Waals surface area contributed by atoms with E-state index in [-0.39, 0.29) is 29.6 Å². The van der Waals surface area contributed by atoms with Gasteiger partial charge >= 0.3 is 0 Å². The molecule has 6 nitrogen and oxygen atoms in total. The van der Waals surface area contributed by atoms with E-state index in [2.05, 4.69) is 17.6 Å². The lowest BCUT2D eigenvalue weighted by molar-refractivity contribution is -0.133. The van der Waals surface area contributed by atoms with Crippen LogP contribution in [-0.4, -0.2) is 36.2 Å². The fourth-order valence-corrected chi connectivity index (χ4v) is 2.66. The van der Waals surface area contributed by atoms with Gasteiger partial charge in [0, 0.05) is 31.9 Å². The van der Waals surface area contributed by atoms with Gasteiger partial charge in [0.05, 0.1) is 11.8 Å². The highest BCUT2D eigenvalue weighted by Gasteiger charge is 2.48. The van der Waals surface area contributed by atoms with Gasteiger partial charge in [-0.05, 0) is 31.0 Å². The number of hydrogen-bond acceptors (Lipinski definition) is 3. The summed E-state index contributed by atoms with van der Waals surface area (Å²) in [6, 6.07) is 6.97. The maximum atomic E-state index is 12.3. The van der Waals surface area contributed by atoms with Crippen LogP contribution in [0.2, 0.25) is 0 Å². The molecule has 130 valence electrons. The lowest BCUT2D eigenvalue weighted by Gasteiger charge is -2.16. The summed E-state index contributed by atoms with van der Waals surface area (Å²) in [4.78, 5) is 37.3. The van der Waals surface area contributed by atoms with Crippen molar-refractivity contribution in [1.29, 1.82) is 0 Å². The van der Waals surface area contributed by atoms with E-state index in [4.69, 9.17) is 0 Å². The first kappa shape index (κ1) is 18.0. The molecule has 0 bridgehead atoms. The Hall–Kier alpha value is -2.37. The number of hydrogen-bond donors (Lipinski definition) is 2. The predicted octanol–water partition coefficient (Wildman–Crippen LogP) is 2.48. The number of amides is 3.